The first-order valence-electron chi connectivity index (χ1n) is 21.4. The highest BCUT2D eigenvalue weighted by Crippen LogP contribution is 2.61. The van der Waals surface area contributed by atoms with Crippen molar-refractivity contribution in [3.05, 3.63) is 99.4 Å². The van der Waals surface area contributed by atoms with Crippen molar-refractivity contribution >= 4 is 18.2 Å². The number of benzene rings is 3. The van der Waals surface area contributed by atoms with Crippen LogP contribution in [-0.2, 0) is 25.6 Å². The number of allylic oxidation sites excluding steroid dienone is 1. The largest absolute Gasteiger partial charge is 0.493 e. The number of methoxy groups -OCH3 is 1. The molecule has 8 aliphatic rings. The number of carboxylic acids is 1. The summed E-state index contributed by atoms with van der Waals surface area (Å²) >= 11 is 0. The van der Waals surface area contributed by atoms with Gasteiger partial charge >= 0.3 is 11.9 Å². The van der Waals surface area contributed by atoms with Gasteiger partial charge in [-0.05, 0) is 17.7 Å². The lowest BCUT2D eigenvalue weighted by Crippen LogP contribution is -2.72. The fourth-order valence-electron chi connectivity index (χ4n) is 9.99. The lowest BCUT2D eigenvalue weighted by Gasteiger charge is -2.50. The van der Waals surface area contributed by atoms with Gasteiger partial charge in [0.1, 0.15) is 54.0 Å². The van der Waals surface area contributed by atoms with Gasteiger partial charge in [-0.1, -0.05) is 60.1 Å². The topological polar surface area (TPSA) is 268 Å². The molecule has 0 saturated carbocycles. The minimum Gasteiger partial charge on any atom is -0.493 e. The number of hydrogen-bond acceptors (Lipinski definition) is 17. The normalized spacial score (nSPS) is 28.8. The van der Waals surface area contributed by atoms with Gasteiger partial charge in [-0.25, -0.2) is 0 Å². The quantitative estimate of drug-likeness (QED) is 0.0653. The number of aliphatic hydroxyl groups is 4. The van der Waals surface area contributed by atoms with Crippen LogP contribution < -0.4 is 35.2 Å². The van der Waals surface area contributed by atoms with Crippen molar-refractivity contribution in [2.45, 2.75) is 92.3 Å². The van der Waals surface area contributed by atoms with Crippen molar-refractivity contribution in [2.75, 3.05) is 26.9 Å². The summed E-state index contributed by atoms with van der Waals surface area (Å²) in [5, 5.41) is 55.5. The Balaban J connectivity index is 1.17. The Morgan fingerprint density at radius 2 is 1.88 bits per heavy atom. The van der Waals surface area contributed by atoms with Crippen LogP contribution in [0.1, 0.15) is 65.0 Å². The van der Waals surface area contributed by atoms with E-state index in [1.165, 1.54) is 0 Å². The Kier molecular flexibility index (Phi) is 11.1. The molecule has 342 valence electrons. The van der Waals surface area contributed by atoms with Gasteiger partial charge in [0.2, 0.25) is 12.0 Å². The summed E-state index contributed by atoms with van der Waals surface area (Å²) in [6.45, 7) is 0.425. The Morgan fingerprint density at radius 1 is 1.06 bits per heavy atom. The highest BCUT2D eigenvalue weighted by atomic mass is 16.7. The number of carbonyl (C=O) groups is 2. The third-order valence-corrected chi connectivity index (χ3v) is 13.0. The standard InChI is InChI=1S/C48H46N4O14/c1-60-30-13-12-27-36-39-25(23-8-3-2-4-9-23)10-5-6-17-61-41(30)40(27)65-42(36)35-28(21-52-20-24-14-16-51-37(24)29(52)22-53)26-11-7-15-48(59)44(58)38(57)47(63-31(26)18-32(35)62-39)66-45(48)43(46(49)50)64-34(56)19-33(54)55/h2-4,8-9,12-14,16,18,25,36,38-39,42-47,53,57-59H,6,15,17,19-22,49-50H2,1H3,(H,54,55). The predicted octanol–water partition coefficient (Wildman–Crippen LogP) is 1.22. The van der Waals surface area contributed by atoms with Gasteiger partial charge in [-0.3, -0.25) is 14.6 Å². The number of carboxylic acid groups (broad SMARTS) is 1. The van der Waals surface area contributed by atoms with Gasteiger partial charge in [0.05, 0.1) is 55.3 Å². The van der Waals surface area contributed by atoms with E-state index in [0.717, 1.165) is 16.7 Å². The number of nitrogens with zero attached hydrogens (tertiary/aromatic N) is 2. The average Bonchev–Trinajstić information content (AvgIpc) is 4.00. The molecule has 0 amide bonds. The molecule has 9 N–H and O–H groups in total. The molecule has 8 heterocycles. The van der Waals surface area contributed by atoms with E-state index in [9.17, 15) is 35.1 Å². The second-order valence-electron chi connectivity index (χ2n) is 16.9. The van der Waals surface area contributed by atoms with Crippen molar-refractivity contribution in [1.29, 1.82) is 0 Å². The summed E-state index contributed by atoms with van der Waals surface area (Å²) in [7, 11) is 1.56. The van der Waals surface area contributed by atoms with Gasteiger partial charge < -0.3 is 75.1 Å². The molecule has 11 rings (SSSR count). The first-order valence-corrected chi connectivity index (χ1v) is 21.4. The molecule has 1 fully saturated rings. The van der Waals surface area contributed by atoms with Crippen molar-refractivity contribution in [1.82, 2.24) is 4.90 Å². The summed E-state index contributed by atoms with van der Waals surface area (Å²) in [6, 6.07) is 15.2. The molecule has 10 unspecified atom stereocenters. The monoisotopic (exact) mass is 902 g/mol. The smallest absolute Gasteiger partial charge is 0.317 e. The van der Waals surface area contributed by atoms with Crippen LogP contribution in [0.2, 0.25) is 0 Å². The van der Waals surface area contributed by atoms with Gasteiger partial charge in [-0.15, -0.1) is 0 Å². The maximum absolute atomic E-state index is 12.7. The molecule has 66 heavy (non-hydrogen) atoms. The number of aliphatic carboxylic acids is 1. The number of rotatable bonds is 10. The summed E-state index contributed by atoms with van der Waals surface area (Å²) in [6.07, 6.45) is -9.98. The molecule has 3 aromatic rings. The predicted molar refractivity (Wildman–Crippen MR) is 230 cm³/mol. The van der Waals surface area contributed by atoms with Gasteiger partial charge in [0.25, 0.3) is 0 Å². The van der Waals surface area contributed by atoms with E-state index in [1.807, 2.05) is 53.4 Å². The van der Waals surface area contributed by atoms with Gasteiger partial charge in [0, 0.05) is 60.5 Å². The second kappa shape index (κ2) is 17.0. The first-order chi connectivity index (χ1) is 31.9. The molecule has 10 atom stereocenters. The van der Waals surface area contributed by atoms with Crippen molar-refractivity contribution in [3.63, 3.8) is 0 Å². The van der Waals surface area contributed by atoms with Crippen LogP contribution in [0.25, 0.3) is 0 Å². The van der Waals surface area contributed by atoms with E-state index in [0.29, 0.717) is 64.0 Å². The molecule has 0 radical (unpaired) electrons. The average molecular weight is 903 g/mol. The Morgan fingerprint density at radius 3 is 2.64 bits per heavy atom. The fourth-order valence-corrected chi connectivity index (χ4v) is 9.99. The van der Waals surface area contributed by atoms with Crippen molar-refractivity contribution in [2.24, 2.45) is 16.5 Å². The highest BCUT2D eigenvalue weighted by molar-refractivity contribution is 5.90. The van der Waals surface area contributed by atoms with E-state index in [4.69, 9.17) is 44.6 Å². The van der Waals surface area contributed by atoms with Crippen LogP contribution in [0.4, 0.5) is 0 Å². The minimum atomic E-state index is -2.50. The SMILES string of the molecule is COc1ccc2c3c1OCCC#CC(c1ccccc1)C1Oc4cc5c(c(CN6CC7=CC=NC7=C6CO)c4C(O3)C21)C#CCC1(O)C(O)C(O)C(O5)OC1C(OC(=O)CC(=O)O)C(N)N. The van der Waals surface area contributed by atoms with Crippen molar-refractivity contribution in [3.8, 4) is 52.4 Å². The lowest BCUT2D eigenvalue weighted by molar-refractivity contribution is -0.324. The molecular formula is C48H46N4O14. The van der Waals surface area contributed by atoms with Crippen LogP contribution in [0.3, 0.4) is 0 Å². The number of aliphatic imine (C=N–C) groups is 1. The van der Waals surface area contributed by atoms with E-state index in [2.05, 4.69) is 28.7 Å². The molecule has 1 saturated heterocycles. The van der Waals surface area contributed by atoms with Crippen LogP contribution in [0, 0.1) is 23.7 Å². The third-order valence-electron chi connectivity index (χ3n) is 13.0. The maximum Gasteiger partial charge on any atom is 0.317 e. The fraction of sp³-hybridized carbons (Fsp3) is 0.396. The molecule has 6 bridgehead atoms. The van der Waals surface area contributed by atoms with Crippen LogP contribution >= 0.6 is 0 Å². The number of fused-ring (bicyclic) bond motifs is 6. The number of aliphatic hydroxyl groups excluding tert-OH is 3. The minimum absolute atomic E-state index is 0.0340. The highest BCUT2D eigenvalue weighted by Gasteiger charge is 2.60. The van der Waals surface area contributed by atoms with Crippen LogP contribution in [0.5, 0.6) is 28.7 Å². The molecule has 3 aromatic carbocycles. The lowest BCUT2D eigenvalue weighted by atomic mass is 9.75. The molecule has 18 nitrogen and oxygen atoms in total. The number of carbonyl (C=O) groups excluding carboxylic acids is 1. The zero-order valence-electron chi connectivity index (χ0n) is 35.5. The third kappa shape index (κ3) is 7.18. The summed E-state index contributed by atoms with van der Waals surface area (Å²) in [5.41, 5.74) is 14.9. The van der Waals surface area contributed by atoms with E-state index >= 15 is 0 Å². The molecule has 8 aliphatic heterocycles. The van der Waals surface area contributed by atoms with Crippen molar-refractivity contribution < 1.29 is 68.3 Å². The van der Waals surface area contributed by atoms with E-state index in [1.54, 1.807) is 19.4 Å². The number of ether oxygens (including phenoxy) is 7. The first kappa shape index (κ1) is 43.3. The van der Waals surface area contributed by atoms with E-state index < -0.39 is 91.3 Å². The van der Waals surface area contributed by atoms with Crippen LogP contribution in [0.15, 0.2) is 76.6 Å². The molecule has 0 aromatic heterocycles. The molecule has 0 spiro atoms. The molecular weight excluding hydrogens is 857 g/mol. The molecule has 18 heteroatoms. The van der Waals surface area contributed by atoms with E-state index in [-0.39, 0.29) is 25.5 Å². The summed E-state index contributed by atoms with van der Waals surface area (Å²) < 4.78 is 44.6. The zero-order valence-corrected chi connectivity index (χ0v) is 35.5. The summed E-state index contributed by atoms with van der Waals surface area (Å²) in [5.74, 6) is 10.9. The Bertz CT molecular complexity index is 2720. The Labute approximate surface area is 377 Å². The van der Waals surface area contributed by atoms with Gasteiger partial charge in [0.15, 0.2) is 17.6 Å². The molecule has 0 aliphatic carbocycles. The summed E-state index contributed by atoms with van der Waals surface area (Å²) in [4.78, 5) is 30.5. The number of hydrogen-bond donors (Lipinski definition) is 7. The van der Waals surface area contributed by atoms with Gasteiger partial charge in [-0.2, -0.15) is 0 Å². The van der Waals surface area contributed by atoms with Crippen LogP contribution in [-0.4, -0.2) is 124 Å². The number of esters is 1. The number of nitrogens with two attached hydrogens (primary N) is 2. The maximum atomic E-state index is 12.7. The Hall–Kier alpha value is -6.61. The second-order valence-corrected chi connectivity index (χ2v) is 16.9. The zero-order chi connectivity index (χ0) is 46.0.